The van der Waals surface area contributed by atoms with E-state index in [9.17, 15) is 5.11 Å². The first-order valence-corrected chi connectivity index (χ1v) is 11.6. The molecule has 1 N–H and O–H groups in total. The molecular formula is C12H20O2Si2. The van der Waals surface area contributed by atoms with Crippen molar-refractivity contribution in [1.82, 2.24) is 0 Å². The lowest BCUT2D eigenvalue weighted by molar-refractivity contribution is 0.199. The van der Waals surface area contributed by atoms with Gasteiger partial charge in [-0.2, -0.15) is 0 Å². The topological polar surface area (TPSA) is 29.5 Å². The van der Waals surface area contributed by atoms with Gasteiger partial charge in [-0.05, 0) is 49.0 Å². The highest BCUT2D eigenvalue weighted by Crippen LogP contribution is 2.23. The summed E-state index contributed by atoms with van der Waals surface area (Å²) in [5.74, 6) is 0. The van der Waals surface area contributed by atoms with Crippen LogP contribution in [-0.2, 0) is 4.12 Å². The van der Waals surface area contributed by atoms with Gasteiger partial charge in [0, 0.05) is 0 Å². The predicted octanol–water partition coefficient (Wildman–Crippen LogP) is 1.59. The summed E-state index contributed by atoms with van der Waals surface area (Å²) < 4.78 is 6.34. The van der Waals surface area contributed by atoms with Crippen LogP contribution in [-0.4, -0.2) is 21.7 Å². The Balaban J connectivity index is 2.59. The van der Waals surface area contributed by atoms with Crippen molar-refractivity contribution in [2.75, 3.05) is 0 Å². The lowest BCUT2D eigenvalue weighted by Crippen LogP contribution is -2.44. The van der Waals surface area contributed by atoms with Gasteiger partial charge in [0.15, 0.2) is 0 Å². The standard InChI is InChI=1S/C12H20O2Si2/c1-9(13)10-6-7-11-12(8-10)16(4,5)14-15(11,2)3/h6-9,13H,1-5H3. The summed E-state index contributed by atoms with van der Waals surface area (Å²) in [4.78, 5) is 0. The third kappa shape index (κ3) is 1.80. The number of aliphatic hydroxyl groups excluding tert-OH is 1. The Kier molecular flexibility index (Phi) is 2.66. The molecule has 88 valence electrons. The summed E-state index contributed by atoms with van der Waals surface area (Å²) in [6.07, 6.45) is -0.388. The highest BCUT2D eigenvalue weighted by molar-refractivity contribution is 7.05. The molecule has 4 heteroatoms. The monoisotopic (exact) mass is 252 g/mol. The molecule has 1 heterocycles. The largest absolute Gasteiger partial charge is 0.449 e. The maximum Gasteiger partial charge on any atom is 0.206 e. The van der Waals surface area contributed by atoms with Gasteiger partial charge in [-0.15, -0.1) is 0 Å². The molecule has 0 amide bonds. The van der Waals surface area contributed by atoms with E-state index in [0.29, 0.717) is 0 Å². The van der Waals surface area contributed by atoms with Gasteiger partial charge in [-0.3, -0.25) is 0 Å². The van der Waals surface area contributed by atoms with E-state index >= 15 is 0 Å². The van der Waals surface area contributed by atoms with E-state index in [4.69, 9.17) is 4.12 Å². The molecule has 0 radical (unpaired) electrons. The van der Waals surface area contributed by atoms with Crippen molar-refractivity contribution in [2.24, 2.45) is 0 Å². The Morgan fingerprint density at radius 3 is 2.19 bits per heavy atom. The minimum atomic E-state index is -1.72. The van der Waals surface area contributed by atoms with Gasteiger partial charge in [0.25, 0.3) is 0 Å². The average Bonchev–Trinajstić information content (AvgIpc) is 2.32. The molecule has 1 aromatic carbocycles. The molecule has 2 nitrogen and oxygen atoms in total. The van der Waals surface area contributed by atoms with E-state index in [1.165, 1.54) is 10.4 Å². The van der Waals surface area contributed by atoms with Gasteiger partial charge in [-0.1, -0.05) is 18.2 Å². The van der Waals surface area contributed by atoms with Crippen LogP contribution in [0.4, 0.5) is 0 Å². The summed E-state index contributed by atoms with van der Waals surface area (Å²) in [5.41, 5.74) is 1.01. The zero-order valence-electron chi connectivity index (χ0n) is 10.7. The second-order valence-corrected chi connectivity index (χ2v) is 13.5. The first-order valence-electron chi connectivity index (χ1n) is 5.77. The molecule has 0 fully saturated rings. The first kappa shape index (κ1) is 12.0. The molecule has 2 rings (SSSR count). The molecule has 0 saturated heterocycles. The Morgan fingerprint density at radius 2 is 1.62 bits per heavy atom. The third-order valence-corrected chi connectivity index (χ3v) is 11.1. The Hall–Kier alpha value is -0.426. The molecule has 1 aromatic rings. The molecular weight excluding hydrogens is 232 g/mol. The Bertz CT molecular complexity index is 425. The number of rotatable bonds is 1. The third-order valence-electron chi connectivity index (χ3n) is 3.33. The zero-order valence-corrected chi connectivity index (χ0v) is 12.7. The molecule has 0 aromatic heterocycles. The van der Waals surface area contributed by atoms with E-state index < -0.39 is 16.6 Å². The van der Waals surface area contributed by atoms with Crippen LogP contribution in [0.2, 0.25) is 26.2 Å². The van der Waals surface area contributed by atoms with Crippen LogP contribution in [0, 0.1) is 0 Å². The Labute approximate surface area is 99.5 Å². The number of hydrogen-bond donors (Lipinski definition) is 1. The van der Waals surface area contributed by atoms with Crippen LogP contribution in [0.5, 0.6) is 0 Å². The van der Waals surface area contributed by atoms with Gasteiger partial charge in [0.05, 0.1) is 6.10 Å². The maximum absolute atomic E-state index is 9.64. The van der Waals surface area contributed by atoms with Crippen molar-refractivity contribution < 1.29 is 9.22 Å². The van der Waals surface area contributed by atoms with Gasteiger partial charge in [0.1, 0.15) is 0 Å². The van der Waals surface area contributed by atoms with Gasteiger partial charge < -0.3 is 9.22 Å². The van der Waals surface area contributed by atoms with Crippen molar-refractivity contribution in [1.29, 1.82) is 0 Å². The second-order valence-electron chi connectivity index (χ2n) is 5.60. The average molecular weight is 252 g/mol. The zero-order chi connectivity index (χ0) is 12.1. The normalized spacial score (nSPS) is 22.9. The van der Waals surface area contributed by atoms with Crippen LogP contribution >= 0.6 is 0 Å². The van der Waals surface area contributed by atoms with E-state index in [-0.39, 0.29) is 6.10 Å². The molecule has 1 aliphatic heterocycles. The quantitative estimate of drug-likeness (QED) is 0.769. The van der Waals surface area contributed by atoms with Gasteiger partial charge in [-0.25, -0.2) is 0 Å². The fourth-order valence-electron chi connectivity index (χ4n) is 2.59. The molecule has 0 aliphatic carbocycles. The van der Waals surface area contributed by atoms with Crippen LogP contribution in [0.15, 0.2) is 18.2 Å². The van der Waals surface area contributed by atoms with Gasteiger partial charge >= 0.3 is 0 Å². The minimum absolute atomic E-state index is 0.388. The summed E-state index contributed by atoms with van der Waals surface area (Å²) in [6.45, 7) is 10.8. The predicted molar refractivity (Wildman–Crippen MR) is 72.4 cm³/mol. The number of benzene rings is 1. The van der Waals surface area contributed by atoms with E-state index in [1.807, 2.05) is 13.0 Å². The van der Waals surface area contributed by atoms with E-state index in [0.717, 1.165) is 5.56 Å². The van der Waals surface area contributed by atoms with Gasteiger partial charge in [0.2, 0.25) is 16.6 Å². The van der Waals surface area contributed by atoms with Crippen LogP contribution < -0.4 is 10.4 Å². The summed E-state index contributed by atoms with van der Waals surface area (Å²) >= 11 is 0. The van der Waals surface area contributed by atoms with Crippen LogP contribution in [0.3, 0.4) is 0 Å². The fraction of sp³-hybridized carbons (Fsp3) is 0.500. The van der Waals surface area contributed by atoms with E-state index in [2.05, 4.69) is 38.3 Å². The van der Waals surface area contributed by atoms with Crippen molar-refractivity contribution in [3.8, 4) is 0 Å². The van der Waals surface area contributed by atoms with Crippen molar-refractivity contribution >= 4 is 27.0 Å². The lowest BCUT2D eigenvalue weighted by atomic mass is 10.1. The molecule has 1 aliphatic rings. The van der Waals surface area contributed by atoms with E-state index in [1.54, 1.807) is 0 Å². The highest BCUT2D eigenvalue weighted by atomic mass is 28.4. The minimum Gasteiger partial charge on any atom is -0.449 e. The Morgan fingerprint density at radius 1 is 1.06 bits per heavy atom. The van der Waals surface area contributed by atoms with Crippen molar-refractivity contribution in [3.63, 3.8) is 0 Å². The van der Waals surface area contributed by atoms with Crippen molar-refractivity contribution in [2.45, 2.75) is 39.2 Å². The van der Waals surface area contributed by atoms with Crippen LogP contribution in [0.25, 0.3) is 0 Å². The SMILES string of the molecule is CC(O)c1ccc2c(c1)[Si](C)(C)O[Si]2(C)C. The molecule has 16 heavy (non-hydrogen) atoms. The molecule has 1 unspecified atom stereocenters. The molecule has 0 saturated carbocycles. The number of fused-ring (bicyclic) bond motifs is 1. The molecule has 1 atom stereocenters. The smallest absolute Gasteiger partial charge is 0.206 e. The molecule has 0 spiro atoms. The summed E-state index contributed by atoms with van der Waals surface area (Å²) in [5, 5.41) is 12.5. The van der Waals surface area contributed by atoms with Crippen molar-refractivity contribution in [3.05, 3.63) is 23.8 Å². The number of aliphatic hydroxyl groups is 1. The van der Waals surface area contributed by atoms with Crippen LogP contribution in [0.1, 0.15) is 18.6 Å². The highest BCUT2D eigenvalue weighted by Gasteiger charge is 2.46. The number of hydrogen-bond acceptors (Lipinski definition) is 2. The first-order chi connectivity index (χ1) is 7.24. The summed E-state index contributed by atoms with van der Waals surface area (Å²) in [7, 11) is -3.40. The fourth-order valence-corrected chi connectivity index (χ4v) is 12.8. The summed E-state index contributed by atoms with van der Waals surface area (Å²) in [6, 6.07) is 6.37. The lowest BCUT2D eigenvalue weighted by Gasteiger charge is -2.22. The second kappa shape index (κ2) is 3.53. The maximum atomic E-state index is 9.64. The molecule has 0 bridgehead atoms.